The van der Waals surface area contributed by atoms with Crippen molar-refractivity contribution >= 4 is 41.3 Å². The summed E-state index contributed by atoms with van der Waals surface area (Å²) in [5.74, 6) is -1.71. The maximum atomic E-state index is 11.1. The number of ether oxygens (including phenoxy) is 2. The molecule has 0 heterocycles. The van der Waals surface area contributed by atoms with Crippen molar-refractivity contribution in [2.75, 3.05) is 14.2 Å². The Kier molecular flexibility index (Phi) is 6.10. The molecule has 0 aromatic heterocycles. The third-order valence-corrected chi connectivity index (χ3v) is 1.84. The Morgan fingerprint density at radius 2 is 1.69 bits per heavy atom. The molecule has 0 bridgehead atoms. The van der Waals surface area contributed by atoms with Gasteiger partial charge in [0.15, 0.2) is 11.5 Å². The van der Waals surface area contributed by atoms with Crippen molar-refractivity contribution in [2.24, 2.45) is 0 Å². The Balaban J connectivity index is 0.00000225. The molecule has 16 heavy (non-hydrogen) atoms. The van der Waals surface area contributed by atoms with E-state index in [0.717, 1.165) is 0 Å². The average molecular weight is 233 g/mol. The first-order valence-electron chi connectivity index (χ1n) is 4.09. The number of hydrogen-bond donors (Lipinski definition) is 1. The molecular formula is C10H10NaO5. The minimum atomic E-state index is -1.50. The van der Waals surface area contributed by atoms with Gasteiger partial charge in [0, 0.05) is 35.1 Å². The van der Waals surface area contributed by atoms with Crippen LogP contribution in [0, 0.1) is 0 Å². The summed E-state index contributed by atoms with van der Waals surface area (Å²) in [6, 6.07) is 4.18. The molecule has 0 fully saturated rings. The molecule has 0 spiro atoms. The second kappa shape index (κ2) is 6.52. The molecule has 0 atom stereocenters. The van der Waals surface area contributed by atoms with Crippen LogP contribution in [0.3, 0.4) is 0 Å². The molecule has 0 unspecified atom stereocenters. The van der Waals surface area contributed by atoms with Crippen LogP contribution in [0.1, 0.15) is 10.4 Å². The predicted octanol–water partition coefficient (Wildman–Crippen LogP) is 0.590. The summed E-state index contributed by atoms with van der Waals surface area (Å²) >= 11 is 0. The molecular weight excluding hydrogens is 223 g/mol. The average Bonchev–Trinajstić information content (AvgIpc) is 2.26. The minimum Gasteiger partial charge on any atom is -0.493 e. The van der Waals surface area contributed by atoms with E-state index in [1.165, 1.54) is 32.4 Å². The number of Topliss-reactive ketones (excluding diaryl/α,β-unsaturated/α-hetero) is 1. The molecule has 1 rings (SSSR count). The summed E-state index contributed by atoms with van der Waals surface area (Å²) in [7, 11) is 2.86. The van der Waals surface area contributed by atoms with Crippen molar-refractivity contribution in [3.63, 3.8) is 0 Å². The molecule has 0 amide bonds. The Bertz CT molecular complexity index is 402. The number of benzene rings is 1. The molecule has 5 nitrogen and oxygen atoms in total. The number of carboxylic acids is 1. The third kappa shape index (κ3) is 3.23. The van der Waals surface area contributed by atoms with Crippen molar-refractivity contribution in [2.45, 2.75) is 0 Å². The second-order valence-electron chi connectivity index (χ2n) is 2.70. The molecule has 0 saturated carbocycles. The first-order chi connectivity index (χ1) is 7.10. The summed E-state index contributed by atoms with van der Waals surface area (Å²) in [5, 5.41) is 8.50. The molecule has 0 aliphatic heterocycles. The summed E-state index contributed by atoms with van der Waals surface area (Å²) in [6.07, 6.45) is 0. The molecule has 0 saturated heterocycles. The summed E-state index contributed by atoms with van der Waals surface area (Å²) in [5.41, 5.74) is 0.0557. The fourth-order valence-electron chi connectivity index (χ4n) is 1.10. The van der Waals surface area contributed by atoms with E-state index < -0.39 is 11.8 Å². The topological polar surface area (TPSA) is 72.8 Å². The van der Waals surface area contributed by atoms with Crippen LogP contribution in [0.2, 0.25) is 0 Å². The molecule has 0 aliphatic carbocycles. The van der Waals surface area contributed by atoms with Gasteiger partial charge in [0.05, 0.1) is 14.2 Å². The minimum absolute atomic E-state index is 0. The van der Waals surface area contributed by atoms with E-state index in [1.807, 2.05) is 0 Å². The third-order valence-electron chi connectivity index (χ3n) is 1.84. The van der Waals surface area contributed by atoms with Crippen LogP contribution in [0.25, 0.3) is 0 Å². The van der Waals surface area contributed by atoms with E-state index >= 15 is 0 Å². The number of methoxy groups -OCH3 is 2. The maximum absolute atomic E-state index is 11.1. The first kappa shape index (κ1) is 15.0. The van der Waals surface area contributed by atoms with Gasteiger partial charge in [0.1, 0.15) is 0 Å². The van der Waals surface area contributed by atoms with E-state index in [1.54, 1.807) is 0 Å². The molecule has 1 aromatic rings. The van der Waals surface area contributed by atoms with Gasteiger partial charge in [-0.25, -0.2) is 4.79 Å². The summed E-state index contributed by atoms with van der Waals surface area (Å²) in [6.45, 7) is 0. The van der Waals surface area contributed by atoms with Crippen LogP contribution < -0.4 is 9.47 Å². The zero-order valence-corrected chi connectivity index (χ0v) is 11.3. The smallest absolute Gasteiger partial charge is 0.377 e. The van der Waals surface area contributed by atoms with Gasteiger partial charge in [-0.1, -0.05) is 0 Å². The van der Waals surface area contributed by atoms with Crippen molar-refractivity contribution in [3.05, 3.63) is 23.8 Å². The zero-order valence-electron chi connectivity index (χ0n) is 9.31. The van der Waals surface area contributed by atoms with Crippen LogP contribution in [0.5, 0.6) is 11.5 Å². The van der Waals surface area contributed by atoms with E-state index in [0.29, 0.717) is 11.5 Å². The first-order valence-corrected chi connectivity index (χ1v) is 4.09. The second-order valence-corrected chi connectivity index (χ2v) is 2.70. The molecule has 0 aliphatic rings. The fourth-order valence-corrected chi connectivity index (χ4v) is 1.10. The number of carbonyl (C=O) groups is 2. The van der Waals surface area contributed by atoms with E-state index in [2.05, 4.69) is 0 Å². The molecule has 6 heteroatoms. The van der Waals surface area contributed by atoms with Crippen LogP contribution >= 0.6 is 0 Å². The molecule has 1 radical (unpaired) electrons. The number of rotatable bonds is 4. The van der Waals surface area contributed by atoms with Crippen LogP contribution in [0.15, 0.2) is 18.2 Å². The van der Waals surface area contributed by atoms with Gasteiger partial charge in [-0.05, 0) is 18.2 Å². The van der Waals surface area contributed by atoms with Gasteiger partial charge in [-0.3, -0.25) is 4.79 Å². The Morgan fingerprint density at radius 3 is 2.12 bits per heavy atom. The van der Waals surface area contributed by atoms with Crippen molar-refractivity contribution in [1.29, 1.82) is 0 Å². The quantitative estimate of drug-likeness (QED) is 0.468. The Hall–Kier alpha value is -1.04. The normalized spacial score (nSPS) is 8.88. The molecule has 1 N–H and O–H groups in total. The standard InChI is InChI=1S/C10H10O5.Na/c1-14-7-4-3-6(5-8(7)15-2)9(11)10(12)13;/h3-5H,1-2H3,(H,12,13);. The number of carboxylic acid groups (broad SMARTS) is 1. The van der Waals surface area contributed by atoms with Gasteiger partial charge in [-0.15, -0.1) is 0 Å². The molecule has 1 aromatic carbocycles. The van der Waals surface area contributed by atoms with Crippen molar-refractivity contribution < 1.29 is 24.2 Å². The Labute approximate surface area is 115 Å². The van der Waals surface area contributed by atoms with E-state index in [9.17, 15) is 9.59 Å². The van der Waals surface area contributed by atoms with Gasteiger partial charge in [0.2, 0.25) is 0 Å². The monoisotopic (exact) mass is 233 g/mol. The van der Waals surface area contributed by atoms with E-state index in [4.69, 9.17) is 14.6 Å². The zero-order chi connectivity index (χ0) is 11.4. The van der Waals surface area contributed by atoms with Crippen LogP contribution in [-0.4, -0.2) is 60.6 Å². The van der Waals surface area contributed by atoms with Gasteiger partial charge in [0.25, 0.3) is 5.78 Å². The number of aliphatic carboxylic acids is 1. The Morgan fingerprint density at radius 1 is 1.12 bits per heavy atom. The maximum Gasteiger partial charge on any atom is 0.377 e. The summed E-state index contributed by atoms with van der Waals surface area (Å²) < 4.78 is 9.88. The van der Waals surface area contributed by atoms with Crippen LogP contribution in [-0.2, 0) is 4.79 Å². The number of hydrogen-bond acceptors (Lipinski definition) is 4. The van der Waals surface area contributed by atoms with Crippen molar-refractivity contribution in [1.82, 2.24) is 0 Å². The predicted molar refractivity (Wildman–Crippen MR) is 57.3 cm³/mol. The number of carbonyl (C=O) groups excluding carboxylic acids is 1. The SMILES string of the molecule is COc1ccc(C(=O)C(=O)O)cc1OC.[Na]. The van der Waals surface area contributed by atoms with E-state index in [-0.39, 0.29) is 35.1 Å². The van der Waals surface area contributed by atoms with Crippen LogP contribution in [0.4, 0.5) is 0 Å². The largest absolute Gasteiger partial charge is 0.493 e. The molecule has 81 valence electrons. The fraction of sp³-hybridized carbons (Fsp3) is 0.200. The van der Waals surface area contributed by atoms with Crippen molar-refractivity contribution in [3.8, 4) is 11.5 Å². The number of ketones is 1. The van der Waals surface area contributed by atoms with Gasteiger partial charge >= 0.3 is 5.97 Å². The van der Waals surface area contributed by atoms with Gasteiger partial charge in [-0.2, -0.15) is 0 Å². The van der Waals surface area contributed by atoms with Gasteiger partial charge < -0.3 is 14.6 Å². The summed E-state index contributed by atoms with van der Waals surface area (Å²) in [4.78, 5) is 21.5.